The van der Waals surface area contributed by atoms with E-state index in [4.69, 9.17) is 9.47 Å². The maximum Gasteiger partial charge on any atom is 0.261 e. The summed E-state index contributed by atoms with van der Waals surface area (Å²) in [6.45, 7) is 1.50. The standard InChI is InChI=1S/C21H20FN3O3/c1-27-18-3-2-4-19(9-18)28-14-21(26)24-12-16-10-23-25(20(16)13-24)11-15-5-7-17(22)8-6-15/h2-10H,11-14H2,1H3. The predicted molar refractivity (Wildman–Crippen MR) is 100 cm³/mol. The van der Waals surface area contributed by atoms with Crippen molar-refractivity contribution in [3.8, 4) is 11.5 Å². The Morgan fingerprint density at radius 3 is 2.71 bits per heavy atom. The third kappa shape index (κ3) is 3.83. The van der Waals surface area contributed by atoms with Gasteiger partial charge in [0.1, 0.15) is 17.3 Å². The molecular formula is C21H20FN3O3. The van der Waals surface area contributed by atoms with Gasteiger partial charge in [0.15, 0.2) is 6.61 Å². The molecule has 0 spiro atoms. The number of halogens is 1. The molecule has 4 rings (SSSR count). The normalized spacial score (nSPS) is 12.7. The van der Waals surface area contributed by atoms with Crippen molar-refractivity contribution in [3.63, 3.8) is 0 Å². The lowest BCUT2D eigenvalue weighted by atomic mass is 10.2. The number of ether oxygens (including phenoxy) is 2. The second-order valence-corrected chi connectivity index (χ2v) is 6.62. The second-order valence-electron chi connectivity index (χ2n) is 6.62. The van der Waals surface area contributed by atoms with Crippen LogP contribution in [0.25, 0.3) is 0 Å². The highest BCUT2D eigenvalue weighted by molar-refractivity contribution is 5.78. The van der Waals surface area contributed by atoms with Crippen LogP contribution in [0.5, 0.6) is 11.5 Å². The molecule has 0 aliphatic carbocycles. The number of aromatic nitrogens is 2. The fourth-order valence-corrected chi connectivity index (χ4v) is 3.21. The number of methoxy groups -OCH3 is 1. The van der Waals surface area contributed by atoms with Crippen molar-refractivity contribution >= 4 is 5.91 Å². The lowest BCUT2D eigenvalue weighted by Gasteiger charge is -2.17. The quantitative estimate of drug-likeness (QED) is 0.659. The van der Waals surface area contributed by atoms with Gasteiger partial charge in [-0.15, -0.1) is 0 Å². The van der Waals surface area contributed by atoms with E-state index in [0.29, 0.717) is 31.1 Å². The zero-order chi connectivity index (χ0) is 19.5. The molecule has 0 atom stereocenters. The van der Waals surface area contributed by atoms with Crippen LogP contribution in [0.1, 0.15) is 16.8 Å². The number of carbonyl (C=O) groups is 1. The van der Waals surface area contributed by atoms with Crippen LogP contribution >= 0.6 is 0 Å². The van der Waals surface area contributed by atoms with Gasteiger partial charge in [-0.05, 0) is 29.8 Å². The van der Waals surface area contributed by atoms with Crippen molar-refractivity contribution < 1.29 is 18.7 Å². The number of rotatable bonds is 6. The van der Waals surface area contributed by atoms with Crippen LogP contribution < -0.4 is 9.47 Å². The summed E-state index contributed by atoms with van der Waals surface area (Å²) in [5.41, 5.74) is 2.98. The number of amides is 1. The van der Waals surface area contributed by atoms with E-state index in [1.54, 1.807) is 42.5 Å². The van der Waals surface area contributed by atoms with Crippen molar-refractivity contribution in [1.82, 2.24) is 14.7 Å². The van der Waals surface area contributed by atoms with Crippen LogP contribution in [-0.2, 0) is 24.4 Å². The highest BCUT2D eigenvalue weighted by atomic mass is 19.1. The van der Waals surface area contributed by atoms with Crippen LogP contribution in [-0.4, -0.2) is 34.3 Å². The van der Waals surface area contributed by atoms with Gasteiger partial charge in [-0.1, -0.05) is 18.2 Å². The average molecular weight is 381 g/mol. The first-order valence-electron chi connectivity index (χ1n) is 8.95. The smallest absolute Gasteiger partial charge is 0.261 e. The zero-order valence-electron chi connectivity index (χ0n) is 15.5. The van der Waals surface area contributed by atoms with Crippen LogP contribution in [0, 0.1) is 5.82 Å². The van der Waals surface area contributed by atoms with Gasteiger partial charge in [-0.25, -0.2) is 4.39 Å². The summed E-state index contributed by atoms with van der Waals surface area (Å²) < 4.78 is 25.7. The lowest BCUT2D eigenvalue weighted by Crippen LogP contribution is -2.31. The number of carbonyl (C=O) groups excluding carboxylic acids is 1. The van der Waals surface area contributed by atoms with Crippen LogP contribution in [0.2, 0.25) is 0 Å². The van der Waals surface area contributed by atoms with Gasteiger partial charge in [0.25, 0.3) is 5.91 Å². The summed E-state index contributed by atoms with van der Waals surface area (Å²) >= 11 is 0. The SMILES string of the molecule is COc1cccc(OCC(=O)N2Cc3cnn(Cc4ccc(F)cc4)c3C2)c1. The molecular weight excluding hydrogens is 361 g/mol. The lowest BCUT2D eigenvalue weighted by molar-refractivity contribution is -0.134. The minimum absolute atomic E-state index is 0.0389. The Kier molecular flexibility index (Phi) is 4.97. The van der Waals surface area contributed by atoms with Gasteiger partial charge < -0.3 is 14.4 Å². The summed E-state index contributed by atoms with van der Waals surface area (Å²) in [5, 5.41) is 4.40. The molecule has 1 aliphatic rings. The fraction of sp³-hybridized carbons (Fsp3) is 0.238. The molecule has 1 aromatic heterocycles. The Hall–Kier alpha value is -3.35. The predicted octanol–water partition coefficient (Wildman–Crippen LogP) is 3.00. The molecule has 0 saturated carbocycles. The van der Waals surface area contributed by atoms with Gasteiger partial charge in [0.2, 0.25) is 0 Å². The number of fused-ring (bicyclic) bond motifs is 1. The minimum Gasteiger partial charge on any atom is -0.497 e. The van der Waals surface area contributed by atoms with E-state index in [1.807, 2.05) is 16.8 Å². The highest BCUT2D eigenvalue weighted by Crippen LogP contribution is 2.24. The Morgan fingerprint density at radius 1 is 1.14 bits per heavy atom. The summed E-state index contributed by atoms with van der Waals surface area (Å²) in [5.74, 6) is 0.918. The number of benzene rings is 2. The molecule has 0 fully saturated rings. The Morgan fingerprint density at radius 2 is 1.93 bits per heavy atom. The first kappa shape index (κ1) is 18.0. The highest BCUT2D eigenvalue weighted by Gasteiger charge is 2.27. The third-order valence-electron chi connectivity index (χ3n) is 4.74. The molecule has 0 N–H and O–H groups in total. The van der Waals surface area contributed by atoms with Crippen LogP contribution in [0.3, 0.4) is 0 Å². The summed E-state index contributed by atoms with van der Waals surface area (Å²) in [6.07, 6.45) is 1.79. The van der Waals surface area contributed by atoms with E-state index in [9.17, 15) is 9.18 Å². The second kappa shape index (κ2) is 7.72. The average Bonchev–Trinajstić information content (AvgIpc) is 3.30. The van der Waals surface area contributed by atoms with Gasteiger partial charge in [0, 0.05) is 18.2 Å². The molecule has 144 valence electrons. The first-order valence-corrected chi connectivity index (χ1v) is 8.95. The third-order valence-corrected chi connectivity index (χ3v) is 4.74. The van der Waals surface area contributed by atoms with E-state index in [2.05, 4.69) is 5.10 Å². The van der Waals surface area contributed by atoms with Crippen molar-refractivity contribution in [2.75, 3.05) is 13.7 Å². The molecule has 2 aromatic carbocycles. The Labute approximate surface area is 162 Å². The molecule has 28 heavy (non-hydrogen) atoms. The zero-order valence-corrected chi connectivity index (χ0v) is 15.5. The number of hydrogen-bond acceptors (Lipinski definition) is 4. The van der Waals surface area contributed by atoms with Gasteiger partial charge in [-0.2, -0.15) is 5.10 Å². The molecule has 0 saturated heterocycles. The fourth-order valence-electron chi connectivity index (χ4n) is 3.21. The van der Waals surface area contributed by atoms with Crippen molar-refractivity contribution in [2.24, 2.45) is 0 Å². The molecule has 0 unspecified atom stereocenters. The van der Waals surface area contributed by atoms with Gasteiger partial charge >= 0.3 is 0 Å². The number of hydrogen-bond donors (Lipinski definition) is 0. The molecule has 2 heterocycles. The van der Waals surface area contributed by atoms with Crippen molar-refractivity contribution in [3.05, 3.63) is 77.4 Å². The molecule has 0 radical (unpaired) electrons. The molecule has 1 amide bonds. The molecule has 7 heteroatoms. The minimum atomic E-state index is -0.262. The Balaban J connectivity index is 1.37. The summed E-state index contributed by atoms with van der Waals surface area (Å²) in [6, 6.07) is 13.5. The molecule has 6 nitrogen and oxygen atoms in total. The van der Waals surface area contributed by atoms with E-state index < -0.39 is 0 Å². The molecule has 3 aromatic rings. The monoisotopic (exact) mass is 381 g/mol. The molecule has 1 aliphatic heterocycles. The van der Waals surface area contributed by atoms with E-state index in [1.165, 1.54) is 12.1 Å². The van der Waals surface area contributed by atoms with Gasteiger partial charge in [-0.3, -0.25) is 9.48 Å². The van der Waals surface area contributed by atoms with Crippen molar-refractivity contribution in [2.45, 2.75) is 19.6 Å². The summed E-state index contributed by atoms with van der Waals surface area (Å²) in [4.78, 5) is 14.3. The largest absolute Gasteiger partial charge is 0.497 e. The Bertz CT molecular complexity index is 985. The van der Waals surface area contributed by atoms with Crippen LogP contribution in [0.15, 0.2) is 54.7 Å². The van der Waals surface area contributed by atoms with E-state index in [0.717, 1.165) is 16.8 Å². The van der Waals surface area contributed by atoms with Crippen molar-refractivity contribution in [1.29, 1.82) is 0 Å². The summed E-state index contributed by atoms with van der Waals surface area (Å²) in [7, 11) is 1.58. The molecule has 0 bridgehead atoms. The van der Waals surface area contributed by atoms with E-state index >= 15 is 0 Å². The topological polar surface area (TPSA) is 56.6 Å². The van der Waals surface area contributed by atoms with E-state index in [-0.39, 0.29) is 18.3 Å². The van der Waals surface area contributed by atoms with Gasteiger partial charge in [0.05, 0.1) is 32.1 Å². The maximum absolute atomic E-state index is 13.1. The first-order chi connectivity index (χ1) is 13.6. The maximum atomic E-state index is 13.1. The van der Waals surface area contributed by atoms with Crippen LogP contribution in [0.4, 0.5) is 4.39 Å². The number of nitrogens with zero attached hydrogens (tertiary/aromatic N) is 3.